The van der Waals surface area contributed by atoms with Crippen molar-refractivity contribution in [1.29, 1.82) is 0 Å². The number of carbonyl (C=O) groups excluding carboxylic acids is 1. The minimum Gasteiger partial charge on any atom is -0.508 e. The number of anilines is 1. The Bertz CT molecular complexity index is 416. The first-order valence-electron chi connectivity index (χ1n) is 6.23. The molecule has 0 aliphatic heterocycles. The van der Waals surface area contributed by atoms with E-state index in [-0.39, 0.29) is 11.7 Å². The van der Waals surface area contributed by atoms with Crippen LogP contribution >= 0.6 is 0 Å². The molecule has 0 radical (unpaired) electrons. The second kappa shape index (κ2) is 6.40. The Morgan fingerprint density at radius 1 is 1.44 bits per heavy atom. The summed E-state index contributed by atoms with van der Waals surface area (Å²) in [5.74, 6) is 0.115. The zero-order valence-electron chi connectivity index (χ0n) is 11.2. The monoisotopic (exact) mass is 251 g/mol. The number of hydrogen-bond donors (Lipinski definition) is 2. The van der Waals surface area contributed by atoms with Crippen molar-refractivity contribution in [2.75, 3.05) is 11.4 Å². The highest BCUT2D eigenvalue weighted by atomic mass is 16.3. The van der Waals surface area contributed by atoms with Gasteiger partial charge in [0, 0.05) is 19.0 Å². The summed E-state index contributed by atoms with van der Waals surface area (Å²) in [7, 11) is 0. The SMILES string of the molecule is CCN(C(=O)CCC(C)O)c1cc(O)ccc1C. The fraction of sp³-hybridized carbons (Fsp3) is 0.500. The summed E-state index contributed by atoms with van der Waals surface area (Å²) in [5, 5.41) is 18.7. The Morgan fingerprint density at radius 2 is 2.11 bits per heavy atom. The van der Waals surface area contributed by atoms with Gasteiger partial charge in [0.1, 0.15) is 5.75 Å². The highest BCUT2D eigenvalue weighted by Crippen LogP contribution is 2.25. The number of amides is 1. The predicted octanol–water partition coefficient (Wildman–Crippen LogP) is 2.21. The molecule has 0 heterocycles. The fourth-order valence-corrected chi connectivity index (χ4v) is 1.84. The number of benzene rings is 1. The Hall–Kier alpha value is -1.55. The molecule has 0 aliphatic carbocycles. The second-order valence-electron chi connectivity index (χ2n) is 4.50. The van der Waals surface area contributed by atoms with Crippen molar-refractivity contribution in [2.24, 2.45) is 0 Å². The minimum atomic E-state index is -0.474. The maximum Gasteiger partial charge on any atom is 0.227 e. The molecule has 100 valence electrons. The van der Waals surface area contributed by atoms with E-state index < -0.39 is 6.10 Å². The van der Waals surface area contributed by atoms with E-state index in [4.69, 9.17) is 0 Å². The third-order valence-corrected chi connectivity index (χ3v) is 2.88. The van der Waals surface area contributed by atoms with Gasteiger partial charge in [-0.1, -0.05) is 6.07 Å². The molecule has 0 fully saturated rings. The molecule has 18 heavy (non-hydrogen) atoms. The molecule has 1 rings (SSSR count). The lowest BCUT2D eigenvalue weighted by Gasteiger charge is -2.23. The normalized spacial score (nSPS) is 12.2. The number of carbonyl (C=O) groups is 1. The lowest BCUT2D eigenvalue weighted by molar-refractivity contribution is -0.119. The van der Waals surface area contributed by atoms with Gasteiger partial charge in [-0.25, -0.2) is 0 Å². The van der Waals surface area contributed by atoms with Crippen LogP contribution in [0.3, 0.4) is 0 Å². The summed E-state index contributed by atoms with van der Waals surface area (Å²) < 4.78 is 0. The second-order valence-corrected chi connectivity index (χ2v) is 4.50. The number of aliphatic hydroxyl groups is 1. The first-order chi connectivity index (χ1) is 8.45. The molecule has 1 atom stereocenters. The van der Waals surface area contributed by atoms with Crippen molar-refractivity contribution in [3.05, 3.63) is 23.8 Å². The lowest BCUT2D eigenvalue weighted by Crippen LogP contribution is -2.31. The Labute approximate surface area is 108 Å². The molecular formula is C14H21NO3. The van der Waals surface area contributed by atoms with Gasteiger partial charge < -0.3 is 15.1 Å². The number of aryl methyl sites for hydroxylation is 1. The van der Waals surface area contributed by atoms with Crippen molar-refractivity contribution in [3.63, 3.8) is 0 Å². The molecule has 2 N–H and O–H groups in total. The summed E-state index contributed by atoms with van der Waals surface area (Å²) in [4.78, 5) is 13.7. The van der Waals surface area contributed by atoms with Gasteiger partial charge in [0.25, 0.3) is 0 Å². The van der Waals surface area contributed by atoms with Crippen LogP contribution in [0, 0.1) is 6.92 Å². The van der Waals surface area contributed by atoms with Crippen molar-refractivity contribution in [1.82, 2.24) is 0 Å². The molecule has 0 spiro atoms. The molecule has 0 saturated heterocycles. The van der Waals surface area contributed by atoms with Crippen LogP contribution in [0.1, 0.15) is 32.3 Å². The van der Waals surface area contributed by atoms with Crippen molar-refractivity contribution >= 4 is 11.6 Å². The third-order valence-electron chi connectivity index (χ3n) is 2.88. The van der Waals surface area contributed by atoms with Crippen molar-refractivity contribution in [3.8, 4) is 5.75 Å². The van der Waals surface area contributed by atoms with E-state index in [9.17, 15) is 15.0 Å². The largest absolute Gasteiger partial charge is 0.508 e. The molecule has 1 aromatic carbocycles. The van der Waals surface area contributed by atoms with Gasteiger partial charge in [-0.3, -0.25) is 4.79 Å². The topological polar surface area (TPSA) is 60.8 Å². The van der Waals surface area contributed by atoms with Gasteiger partial charge in [0.2, 0.25) is 5.91 Å². The van der Waals surface area contributed by atoms with Gasteiger partial charge >= 0.3 is 0 Å². The van der Waals surface area contributed by atoms with Crippen molar-refractivity contribution in [2.45, 2.75) is 39.7 Å². The summed E-state index contributed by atoms with van der Waals surface area (Å²) in [6.07, 6.45) is 0.284. The van der Waals surface area contributed by atoms with E-state index in [1.807, 2.05) is 13.8 Å². The van der Waals surface area contributed by atoms with Gasteiger partial charge in [0.15, 0.2) is 0 Å². The number of phenolic OH excluding ortho intramolecular Hbond substituents is 1. The molecule has 1 aromatic rings. The van der Waals surface area contributed by atoms with Crippen molar-refractivity contribution < 1.29 is 15.0 Å². The van der Waals surface area contributed by atoms with Crippen LogP contribution in [0.15, 0.2) is 18.2 Å². The summed E-state index contributed by atoms with van der Waals surface area (Å²) in [6.45, 7) is 6.01. The standard InChI is InChI=1S/C14H21NO3/c1-4-15(14(18)8-6-11(3)16)13-9-12(17)7-5-10(13)2/h5,7,9,11,16-17H,4,6,8H2,1-3H3. The zero-order chi connectivity index (χ0) is 13.7. The Balaban J connectivity index is 2.88. The van der Waals surface area contributed by atoms with Crippen LogP contribution in [0.4, 0.5) is 5.69 Å². The highest BCUT2D eigenvalue weighted by Gasteiger charge is 2.16. The fourth-order valence-electron chi connectivity index (χ4n) is 1.84. The number of rotatable bonds is 5. The smallest absolute Gasteiger partial charge is 0.227 e. The van der Waals surface area contributed by atoms with Gasteiger partial charge in [-0.05, 0) is 38.8 Å². The van der Waals surface area contributed by atoms with Crippen LogP contribution in [-0.2, 0) is 4.79 Å². The molecule has 1 amide bonds. The van der Waals surface area contributed by atoms with Crippen LogP contribution in [0.5, 0.6) is 5.75 Å². The number of aliphatic hydroxyl groups excluding tert-OH is 1. The first-order valence-corrected chi connectivity index (χ1v) is 6.23. The van der Waals surface area contributed by atoms with E-state index in [0.29, 0.717) is 19.4 Å². The molecule has 0 aromatic heterocycles. The first kappa shape index (κ1) is 14.5. The average molecular weight is 251 g/mol. The molecule has 0 saturated carbocycles. The lowest BCUT2D eigenvalue weighted by atomic mass is 10.1. The molecule has 4 nitrogen and oxygen atoms in total. The number of phenols is 1. The predicted molar refractivity (Wildman–Crippen MR) is 71.8 cm³/mol. The van der Waals surface area contributed by atoms with Crippen LogP contribution in [0.2, 0.25) is 0 Å². The quantitative estimate of drug-likeness (QED) is 0.843. The van der Waals surface area contributed by atoms with Crippen LogP contribution in [-0.4, -0.2) is 28.8 Å². The summed E-state index contributed by atoms with van der Waals surface area (Å²) in [5.41, 5.74) is 1.67. The summed E-state index contributed by atoms with van der Waals surface area (Å²) >= 11 is 0. The maximum atomic E-state index is 12.1. The number of hydrogen-bond acceptors (Lipinski definition) is 3. The number of aromatic hydroxyl groups is 1. The summed E-state index contributed by atoms with van der Waals surface area (Å²) in [6, 6.07) is 4.99. The zero-order valence-corrected chi connectivity index (χ0v) is 11.2. The molecule has 4 heteroatoms. The number of nitrogens with zero attached hydrogens (tertiary/aromatic N) is 1. The molecule has 0 bridgehead atoms. The maximum absolute atomic E-state index is 12.1. The van der Waals surface area contributed by atoms with Crippen LogP contribution < -0.4 is 4.90 Å². The molecule has 0 aliphatic rings. The van der Waals surface area contributed by atoms with E-state index in [2.05, 4.69) is 0 Å². The van der Waals surface area contributed by atoms with Gasteiger partial charge in [-0.2, -0.15) is 0 Å². The van der Waals surface area contributed by atoms with E-state index in [0.717, 1.165) is 11.3 Å². The Morgan fingerprint density at radius 3 is 2.67 bits per heavy atom. The van der Waals surface area contributed by atoms with E-state index in [1.165, 1.54) is 0 Å². The van der Waals surface area contributed by atoms with E-state index >= 15 is 0 Å². The average Bonchev–Trinajstić information content (AvgIpc) is 2.32. The van der Waals surface area contributed by atoms with E-state index in [1.54, 1.807) is 30.0 Å². The highest BCUT2D eigenvalue weighted by molar-refractivity contribution is 5.94. The molecular weight excluding hydrogens is 230 g/mol. The Kier molecular flexibility index (Phi) is 5.16. The van der Waals surface area contributed by atoms with Gasteiger partial charge in [0.05, 0.1) is 11.8 Å². The minimum absolute atomic E-state index is 0.0351. The van der Waals surface area contributed by atoms with Crippen LogP contribution in [0.25, 0.3) is 0 Å². The van der Waals surface area contributed by atoms with Gasteiger partial charge in [-0.15, -0.1) is 0 Å². The third kappa shape index (κ3) is 3.74. The molecule has 1 unspecified atom stereocenters.